The molecule has 0 aliphatic carbocycles. The fourth-order valence-corrected chi connectivity index (χ4v) is 1.37. The van der Waals surface area contributed by atoms with E-state index in [4.69, 9.17) is 14.4 Å². The standard InChI is InChI=1S/C11H11FN2O3/c1-7-13-10(17-14-7)6-16-11-8(5-15)3-2-4-9(11)12/h2-4,15H,5-6H2,1H3. The summed E-state index contributed by atoms with van der Waals surface area (Å²) in [7, 11) is 0. The zero-order valence-electron chi connectivity index (χ0n) is 9.18. The highest BCUT2D eigenvalue weighted by Crippen LogP contribution is 2.23. The molecule has 0 spiro atoms. The molecule has 0 radical (unpaired) electrons. The van der Waals surface area contributed by atoms with Crippen LogP contribution in [-0.4, -0.2) is 15.2 Å². The fraction of sp³-hybridized carbons (Fsp3) is 0.273. The first-order chi connectivity index (χ1) is 8.20. The molecule has 0 unspecified atom stereocenters. The van der Waals surface area contributed by atoms with Crippen molar-refractivity contribution in [2.75, 3.05) is 0 Å². The molecule has 0 fully saturated rings. The summed E-state index contributed by atoms with van der Waals surface area (Å²) in [6, 6.07) is 4.34. The molecule has 5 nitrogen and oxygen atoms in total. The highest BCUT2D eigenvalue weighted by atomic mass is 19.1. The number of ether oxygens (including phenoxy) is 1. The second-order valence-corrected chi connectivity index (χ2v) is 3.41. The van der Waals surface area contributed by atoms with Crippen molar-refractivity contribution in [3.05, 3.63) is 41.3 Å². The summed E-state index contributed by atoms with van der Waals surface area (Å²) in [5, 5.41) is 12.6. The minimum absolute atomic E-state index is 0.00542. The van der Waals surface area contributed by atoms with E-state index in [1.54, 1.807) is 13.0 Å². The predicted octanol–water partition coefficient (Wildman–Crippen LogP) is 1.59. The van der Waals surface area contributed by atoms with Crippen molar-refractivity contribution in [3.63, 3.8) is 0 Å². The van der Waals surface area contributed by atoms with Crippen LogP contribution in [-0.2, 0) is 13.2 Å². The van der Waals surface area contributed by atoms with Gasteiger partial charge in [-0.05, 0) is 13.0 Å². The van der Waals surface area contributed by atoms with Crippen LogP contribution in [0.25, 0.3) is 0 Å². The third-order valence-corrected chi connectivity index (χ3v) is 2.13. The van der Waals surface area contributed by atoms with Crippen LogP contribution in [0.2, 0.25) is 0 Å². The molecule has 2 aromatic rings. The topological polar surface area (TPSA) is 68.4 Å². The van der Waals surface area contributed by atoms with Crippen molar-refractivity contribution in [3.8, 4) is 5.75 Å². The first-order valence-electron chi connectivity index (χ1n) is 5.01. The van der Waals surface area contributed by atoms with Gasteiger partial charge in [0.25, 0.3) is 5.89 Å². The lowest BCUT2D eigenvalue weighted by Gasteiger charge is -2.08. The summed E-state index contributed by atoms with van der Waals surface area (Å²) < 4.78 is 23.5. The van der Waals surface area contributed by atoms with Crippen LogP contribution in [0.4, 0.5) is 4.39 Å². The molecule has 0 atom stereocenters. The number of para-hydroxylation sites is 1. The van der Waals surface area contributed by atoms with E-state index < -0.39 is 5.82 Å². The van der Waals surface area contributed by atoms with Gasteiger partial charge < -0.3 is 14.4 Å². The van der Waals surface area contributed by atoms with Crippen molar-refractivity contribution in [2.24, 2.45) is 0 Å². The molecule has 1 aromatic heterocycles. The van der Waals surface area contributed by atoms with Gasteiger partial charge >= 0.3 is 0 Å². The maximum Gasteiger partial charge on any atom is 0.264 e. The van der Waals surface area contributed by atoms with Crippen molar-refractivity contribution in [1.29, 1.82) is 0 Å². The third-order valence-electron chi connectivity index (χ3n) is 2.13. The molecule has 6 heteroatoms. The Morgan fingerprint density at radius 2 is 2.29 bits per heavy atom. The molecule has 0 bridgehead atoms. The average molecular weight is 238 g/mol. The van der Waals surface area contributed by atoms with Gasteiger partial charge in [-0.25, -0.2) is 4.39 Å². The number of hydrogen-bond acceptors (Lipinski definition) is 5. The lowest BCUT2D eigenvalue weighted by Crippen LogP contribution is -2.01. The van der Waals surface area contributed by atoms with Gasteiger partial charge in [0.1, 0.15) is 0 Å². The minimum Gasteiger partial charge on any atom is -0.480 e. The number of benzene rings is 1. The highest BCUT2D eigenvalue weighted by molar-refractivity contribution is 5.34. The Bertz CT molecular complexity index is 513. The molecule has 0 saturated carbocycles. The Balaban J connectivity index is 2.13. The molecule has 0 aliphatic heterocycles. The van der Waals surface area contributed by atoms with E-state index in [0.29, 0.717) is 11.4 Å². The molecule has 17 heavy (non-hydrogen) atoms. The van der Waals surface area contributed by atoms with Gasteiger partial charge in [0.15, 0.2) is 24.0 Å². The molecular weight excluding hydrogens is 227 g/mol. The van der Waals surface area contributed by atoms with E-state index >= 15 is 0 Å². The number of aromatic nitrogens is 2. The molecule has 0 aliphatic rings. The molecule has 0 amide bonds. The third kappa shape index (κ3) is 2.59. The van der Waals surface area contributed by atoms with E-state index in [1.807, 2.05) is 0 Å². The smallest absolute Gasteiger partial charge is 0.264 e. The van der Waals surface area contributed by atoms with Crippen LogP contribution in [0.15, 0.2) is 22.7 Å². The molecule has 1 heterocycles. The largest absolute Gasteiger partial charge is 0.480 e. The molecule has 0 saturated heterocycles. The number of nitrogens with zero attached hydrogens (tertiary/aromatic N) is 2. The predicted molar refractivity (Wildman–Crippen MR) is 55.7 cm³/mol. The molecule has 1 N–H and O–H groups in total. The second kappa shape index (κ2) is 4.92. The molecule has 2 rings (SSSR count). The highest BCUT2D eigenvalue weighted by Gasteiger charge is 2.11. The second-order valence-electron chi connectivity index (χ2n) is 3.41. The lowest BCUT2D eigenvalue weighted by atomic mass is 10.2. The van der Waals surface area contributed by atoms with Crippen LogP contribution in [0.5, 0.6) is 5.75 Å². The summed E-state index contributed by atoms with van der Waals surface area (Å²) in [6.45, 7) is 1.35. The van der Waals surface area contributed by atoms with Crippen LogP contribution in [0, 0.1) is 12.7 Å². The normalized spacial score (nSPS) is 10.5. The van der Waals surface area contributed by atoms with Gasteiger partial charge in [0.2, 0.25) is 0 Å². The SMILES string of the molecule is Cc1noc(COc2c(F)cccc2CO)n1. The zero-order chi connectivity index (χ0) is 12.3. The summed E-state index contributed by atoms with van der Waals surface area (Å²) in [4.78, 5) is 3.92. The quantitative estimate of drug-likeness (QED) is 0.875. The zero-order valence-corrected chi connectivity index (χ0v) is 9.18. The number of hydrogen-bond donors (Lipinski definition) is 1. The molecule has 1 aromatic carbocycles. The van der Waals surface area contributed by atoms with Gasteiger partial charge in [-0.1, -0.05) is 17.3 Å². The fourth-order valence-electron chi connectivity index (χ4n) is 1.37. The average Bonchev–Trinajstić information content (AvgIpc) is 2.73. The van der Waals surface area contributed by atoms with Gasteiger partial charge in [-0.3, -0.25) is 0 Å². The van der Waals surface area contributed by atoms with Crippen molar-refractivity contribution < 1.29 is 18.8 Å². The monoisotopic (exact) mass is 238 g/mol. The lowest BCUT2D eigenvalue weighted by molar-refractivity contribution is 0.220. The number of rotatable bonds is 4. The van der Waals surface area contributed by atoms with Crippen molar-refractivity contribution in [1.82, 2.24) is 10.1 Å². The van der Waals surface area contributed by atoms with E-state index in [2.05, 4.69) is 10.1 Å². The maximum absolute atomic E-state index is 13.4. The summed E-state index contributed by atoms with van der Waals surface area (Å²) >= 11 is 0. The van der Waals surface area contributed by atoms with Crippen LogP contribution < -0.4 is 4.74 Å². The van der Waals surface area contributed by atoms with E-state index in [9.17, 15) is 4.39 Å². The van der Waals surface area contributed by atoms with E-state index in [0.717, 1.165) is 0 Å². The Morgan fingerprint density at radius 1 is 1.47 bits per heavy atom. The maximum atomic E-state index is 13.4. The van der Waals surface area contributed by atoms with E-state index in [1.165, 1.54) is 12.1 Å². The first-order valence-corrected chi connectivity index (χ1v) is 5.01. The molecular formula is C11H11FN2O3. The van der Waals surface area contributed by atoms with Gasteiger partial charge in [-0.2, -0.15) is 4.98 Å². The van der Waals surface area contributed by atoms with Crippen LogP contribution in [0.1, 0.15) is 17.3 Å². The van der Waals surface area contributed by atoms with Crippen LogP contribution in [0.3, 0.4) is 0 Å². The Hall–Kier alpha value is -1.95. The van der Waals surface area contributed by atoms with Gasteiger partial charge in [-0.15, -0.1) is 0 Å². The van der Waals surface area contributed by atoms with Crippen LogP contribution >= 0.6 is 0 Å². The first kappa shape index (κ1) is 11.5. The summed E-state index contributed by atoms with van der Waals surface area (Å²) in [5.41, 5.74) is 0.376. The molecule has 90 valence electrons. The van der Waals surface area contributed by atoms with Gasteiger partial charge in [0.05, 0.1) is 6.61 Å². The Kier molecular flexibility index (Phi) is 3.34. The minimum atomic E-state index is -0.534. The van der Waals surface area contributed by atoms with Crippen molar-refractivity contribution >= 4 is 0 Å². The number of aryl methyl sites for hydroxylation is 1. The number of aliphatic hydroxyl groups excluding tert-OH is 1. The van der Waals surface area contributed by atoms with Crippen molar-refractivity contribution in [2.45, 2.75) is 20.1 Å². The summed E-state index contributed by atoms with van der Waals surface area (Å²) in [6.07, 6.45) is 0. The number of halogens is 1. The summed E-state index contributed by atoms with van der Waals surface area (Å²) in [5.74, 6) is 0.216. The Morgan fingerprint density at radius 3 is 2.94 bits per heavy atom. The van der Waals surface area contributed by atoms with E-state index in [-0.39, 0.29) is 24.9 Å². The van der Waals surface area contributed by atoms with Gasteiger partial charge in [0, 0.05) is 5.56 Å². The number of aliphatic hydroxyl groups is 1. The Labute approximate surface area is 96.8 Å².